The fourth-order valence-electron chi connectivity index (χ4n) is 3.34. The molecule has 3 rings (SSSR count). The van der Waals surface area contributed by atoms with Crippen molar-refractivity contribution in [3.63, 3.8) is 0 Å². The van der Waals surface area contributed by atoms with Gasteiger partial charge in [0.05, 0.1) is 29.3 Å². The number of aromatic nitrogens is 1. The molecule has 2 heterocycles. The number of nitrogens with zero attached hydrogens (tertiary/aromatic N) is 2. The Morgan fingerprint density at radius 2 is 2.09 bits per heavy atom. The molecule has 0 bridgehead atoms. The zero-order valence-corrected chi connectivity index (χ0v) is 22.1. The number of ether oxygens (including phenoxy) is 1. The molecular formula is C22H27Cl2N5O4S2. The van der Waals surface area contributed by atoms with E-state index in [9.17, 15) is 14.4 Å². The van der Waals surface area contributed by atoms with Crippen molar-refractivity contribution in [3.8, 4) is 0 Å². The van der Waals surface area contributed by atoms with Crippen molar-refractivity contribution in [1.82, 2.24) is 20.5 Å². The van der Waals surface area contributed by atoms with E-state index in [0.717, 1.165) is 29.5 Å². The maximum atomic E-state index is 12.2. The molecule has 1 aliphatic rings. The van der Waals surface area contributed by atoms with Crippen LogP contribution in [0, 0.1) is 0 Å². The lowest BCUT2D eigenvalue weighted by molar-refractivity contribution is -0.122. The van der Waals surface area contributed by atoms with Gasteiger partial charge in [-0.15, -0.1) is 11.3 Å². The molecule has 0 spiro atoms. The normalized spacial score (nSPS) is 16.1. The highest BCUT2D eigenvalue weighted by molar-refractivity contribution is 8.01. The van der Waals surface area contributed by atoms with E-state index < -0.39 is 11.8 Å². The van der Waals surface area contributed by atoms with Crippen LogP contribution in [0.2, 0.25) is 10.0 Å². The molecule has 2 aromatic rings. The predicted molar refractivity (Wildman–Crippen MR) is 138 cm³/mol. The summed E-state index contributed by atoms with van der Waals surface area (Å²) in [5, 5.41) is 8.06. The number of thiazole rings is 1. The molecule has 1 fully saturated rings. The number of halogens is 2. The maximum Gasteiger partial charge on any atom is 0.271 e. The molecule has 1 aliphatic heterocycles. The molecule has 0 aliphatic carbocycles. The van der Waals surface area contributed by atoms with E-state index >= 15 is 0 Å². The highest BCUT2D eigenvalue weighted by Crippen LogP contribution is 2.24. The highest BCUT2D eigenvalue weighted by atomic mass is 35.5. The number of carbonyl (C=O) groups excluding carboxylic acids is 3. The van der Waals surface area contributed by atoms with Crippen LogP contribution in [0.5, 0.6) is 0 Å². The van der Waals surface area contributed by atoms with Crippen LogP contribution in [0.1, 0.15) is 28.9 Å². The number of primary amides is 1. The molecule has 0 unspecified atom stereocenters. The third-order valence-corrected chi connectivity index (χ3v) is 7.90. The molecule has 0 radical (unpaired) electrons. The van der Waals surface area contributed by atoms with Crippen LogP contribution in [-0.2, 0) is 20.9 Å². The summed E-state index contributed by atoms with van der Waals surface area (Å²) in [6.45, 7) is 3.11. The number of hydrogen-bond donors (Lipinski definition) is 3. The van der Waals surface area contributed by atoms with Crippen LogP contribution >= 0.6 is 46.3 Å². The first-order valence-corrected chi connectivity index (χ1v) is 13.6. The molecule has 0 saturated carbocycles. The summed E-state index contributed by atoms with van der Waals surface area (Å²) < 4.78 is 6.53. The van der Waals surface area contributed by atoms with Crippen molar-refractivity contribution in [1.29, 1.82) is 0 Å². The van der Waals surface area contributed by atoms with Gasteiger partial charge in [0.15, 0.2) is 4.34 Å². The van der Waals surface area contributed by atoms with Gasteiger partial charge in [-0.25, -0.2) is 4.98 Å². The number of thioether (sulfide) groups is 1. The Morgan fingerprint density at radius 3 is 2.86 bits per heavy atom. The van der Waals surface area contributed by atoms with E-state index in [4.69, 9.17) is 33.7 Å². The van der Waals surface area contributed by atoms with Gasteiger partial charge >= 0.3 is 0 Å². The fourth-order valence-corrected chi connectivity index (χ4v) is 5.47. The van der Waals surface area contributed by atoms with Gasteiger partial charge in [0.1, 0.15) is 5.69 Å². The van der Waals surface area contributed by atoms with Crippen molar-refractivity contribution in [3.05, 3.63) is 44.9 Å². The van der Waals surface area contributed by atoms with Crippen molar-refractivity contribution >= 4 is 64.0 Å². The van der Waals surface area contributed by atoms with Gasteiger partial charge in [-0.2, -0.15) is 0 Å². The zero-order valence-electron chi connectivity index (χ0n) is 18.9. The van der Waals surface area contributed by atoms with Crippen LogP contribution in [-0.4, -0.2) is 72.2 Å². The number of amides is 3. The molecule has 1 aromatic heterocycles. The van der Waals surface area contributed by atoms with Gasteiger partial charge in [0, 0.05) is 43.7 Å². The van der Waals surface area contributed by atoms with Gasteiger partial charge in [-0.05, 0) is 24.1 Å². The Hall–Kier alpha value is -1.89. The molecule has 1 atom stereocenters. The van der Waals surface area contributed by atoms with E-state index in [0.29, 0.717) is 41.8 Å². The predicted octanol–water partition coefficient (Wildman–Crippen LogP) is 2.55. The third-order valence-electron chi connectivity index (χ3n) is 5.05. The number of benzene rings is 1. The Kier molecular flexibility index (Phi) is 11.1. The van der Waals surface area contributed by atoms with E-state index in [1.165, 1.54) is 23.1 Å². The standard InChI is InChI=1S/C22H27Cl2N5O4S2/c23-16-4-3-14(8-17(16)24)11-29-5-6-33-15(12-29)9-26-20(31)2-1-7-34-22-28-18(13-35-22)21(32)27-10-19(25)30/h3-4,8,13,15H,1-2,5-7,9-12H2,(H2,25,30)(H,26,31)(H,27,32)/t15-/m0/s1. The van der Waals surface area contributed by atoms with E-state index in [2.05, 4.69) is 20.5 Å². The minimum atomic E-state index is -0.614. The summed E-state index contributed by atoms with van der Waals surface area (Å²) in [7, 11) is 0. The van der Waals surface area contributed by atoms with E-state index in [-0.39, 0.29) is 24.2 Å². The lowest BCUT2D eigenvalue weighted by Gasteiger charge is -2.33. The summed E-state index contributed by atoms with van der Waals surface area (Å²) in [6, 6.07) is 5.63. The summed E-state index contributed by atoms with van der Waals surface area (Å²) >= 11 is 14.9. The number of morpholine rings is 1. The van der Waals surface area contributed by atoms with Crippen molar-refractivity contribution in [2.75, 3.05) is 38.5 Å². The second-order valence-electron chi connectivity index (χ2n) is 7.88. The lowest BCUT2D eigenvalue weighted by Crippen LogP contribution is -2.47. The zero-order chi connectivity index (χ0) is 25.2. The van der Waals surface area contributed by atoms with Crippen molar-refractivity contribution in [2.45, 2.75) is 29.8 Å². The first kappa shape index (κ1) is 27.7. The van der Waals surface area contributed by atoms with Crippen LogP contribution in [0.4, 0.5) is 0 Å². The van der Waals surface area contributed by atoms with Gasteiger partial charge in [0.25, 0.3) is 5.91 Å². The molecule has 13 heteroatoms. The molecule has 1 saturated heterocycles. The topological polar surface area (TPSA) is 127 Å². The first-order chi connectivity index (χ1) is 16.8. The molecule has 35 heavy (non-hydrogen) atoms. The minimum Gasteiger partial charge on any atom is -0.374 e. The average molecular weight is 561 g/mol. The Labute approximate surface area is 222 Å². The van der Waals surface area contributed by atoms with Crippen LogP contribution in [0.3, 0.4) is 0 Å². The number of hydrogen-bond acceptors (Lipinski definition) is 8. The number of nitrogens with two attached hydrogens (primary N) is 1. The Balaban J connectivity index is 1.31. The average Bonchev–Trinajstić information content (AvgIpc) is 3.31. The lowest BCUT2D eigenvalue weighted by atomic mass is 10.2. The summed E-state index contributed by atoms with van der Waals surface area (Å²) in [5.41, 5.74) is 6.34. The summed E-state index contributed by atoms with van der Waals surface area (Å²) in [6.07, 6.45) is 0.998. The minimum absolute atomic E-state index is 0.0264. The Morgan fingerprint density at radius 1 is 1.26 bits per heavy atom. The Bertz CT molecular complexity index is 1040. The van der Waals surface area contributed by atoms with E-state index in [1.54, 1.807) is 11.4 Å². The van der Waals surface area contributed by atoms with Gasteiger partial charge in [0.2, 0.25) is 11.8 Å². The monoisotopic (exact) mass is 559 g/mol. The second-order valence-corrected chi connectivity index (χ2v) is 10.9. The van der Waals surface area contributed by atoms with Gasteiger partial charge in [-0.3, -0.25) is 19.3 Å². The van der Waals surface area contributed by atoms with Crippen LogP contribution in [0.25, 0.3) is 0 Å². The largest absolute Gasteiger partial charge is 0.374 e. The second kappa shape index (κ2) is 14.0. The summed E-state index contributed by atoms with van der Waals surface area (Å²) in [5.74, 6) is -0.383. The van der Waals surface area contributed by atoms with Crippen LogP contribution < -0.4 is 16.4 Å². The number of carbonyl (C=O) groups is 3. The molecule has 4 N–H and O–H groups in total. The molecule has 3 amide bonds. The van der Waals surface area contributed by atoms with Crippen molar-refractivity contribution in [2.24, 2.45) is 5.73 Å². The molecule has 9 nitrogen and oxygen atoms in total. The number of rotatable bonds is 12. The van der Waals surface area contributed by atoms with Crippen LogP contribution in [0.15, 0.2) is 27.9 Å². The SMILES string of the molecule is NC(=O)CNC(=O)c1csc(SCCCC(=O)NC[C@H]2CN(Cc3ccc(Cl)c(Cl)c3)CCO2)n1. The molecular weight excluding hydrogens is 533 g/mol. The highest BCUT2D eigenvalue weighted by Gasteiger charge is 2.21. The van der Waals surface area contributed by atoms with Gasteiger partial charge < -0.3 is 21.1 Å². The smallest absolute Gasteiger partial charge is 0.271 e. The number of nitrogens with one attached hydrogen (secondary N) is 2. The molecule has 1 aromatic carbocycles. The molecule has 190 valence electrons. The van der Waals surface area contributed by atoms with E-state index in [1.807, 2.05) is 12.1 Å². The summed E-state index contributed by atoms with van der Waals surface area (Å²) in [4.78, 5) is 41.3. The van der Waals surface area contributed by atoms with Gasteiger partial charge in [-0.1, -0.05) is 41.0 Å². The fraction of sp³-hybridized carbons (Fsp3) is 0.455. The first-order valence-electron chi connectivity index (χ1n) is 11.0. The quantitative estimate of drug-likeness (QED) is 0.269. The maximum absolute atomic E-state index is 12.2. The third kappa shape index (κ3) is 9.59. The van der Waals surface area contributed by atoms with Crippen molar-refractivity contribution < 1.29 is 19.1 Å².